The minimum atomic E-state index is -0.131. The number of carbonyl (C=O) groups excluding carboxylic acids is 2. The summed E-state index contributed by atoms with van der Waals surface area (Å²) in [4.78, 5) is 25.6. The Labute approximate surface area is 168 Å². The van der Waals surface area contributed by atoms with E-state index in [1.807, 2.05) is 49.4 Å². The van der Waals surface area contributed by atoms with Crippen LogP contribution in [0.2, 0.25) is 0 Å². The first-order valence-corrected chi connectivity index (χ1v) is 9.82. The SMILES string of the molecule is COc1ccc(C(=O)CSc2ccc(NC(=O)c3ccccc3C)cc2)cc1. The Hall–Kier alpha value is -3.05. The molecular formula is C23H21NO3S. The van der Waals surface area contributed by atoms with Crippen molar-refractivity contribution < 1.29 is 14.3 Å². The Morgan fingerprint density at radius 1 is 0.929 bits per heavy atom. The number of Topliss-reactive ketones (excluding diaryl/α,β-unsaturated/α-hetero) is 1. The first-order chi connectivity index (χ1) is 13.6. The van der Waals surface area contributed by atoms with E-state index in [-0.39, 0.29) is 11.7 Å². The van der Waals surface area contributed by atoms with Crippen molar-refractivity contribution in [1.29, 1.82) is 0 Å². The van der Waals surface area contributed by atoms with E-state index in [4.69, 9.17) is 4.74 Å². The van der Waals surface area contributed by atoms with Gasteiger partial charge in [0.2, 0.25) is 0 Å². The molecule has 0 heterocycles. The third-order valence-electron chi connectivity index (χ3n) is 4.28. The average Bonchev–Trinajstić information content (AvgIpc) is 2.73. The highest BCUT2D eigenvalue weighted by Crippen LogP contribution is 2.22. The van der Waals surface area contributed by atoms with Crippen LogP contribution in [0.4, 0.5) is 5.69 Å². The van der Waals surface area contributed by atoms with E-state index >= 15 is 0 Å². The lowest BCUT2D eigenvalue weighted by Gasteiger charge is -2.08. The molecule has 0 atom stereocenters. The minimum absolute atomic E-state index is 0.0598. The molecule has 0 aliphatic carbocycles. The van der Waals surface area contributed by atoms with Crippen LogP contribution in [0.1, 0.15) is 26.3 Å². The molecule has 0 radical (unpaired) electrons. The number of hydrogen-bond donors (Lipinski definition) is 1. The molecule has 0 aliphatic rings. The van der Waals surface area contributed by atoms with Gasteiger partial charge in [-0.05, 0) is 67.1 Å². The van der Waals surface area contributed by atoms with Gasteiger partial charge in [-0.2, -0.15) is 0 Å². The van der Waals surface area contributed by atoms with Crippen LogP contribution < -0.4 is 10.1 Å². The fourth-order valence-corrected chi connectivity index (χ4v) is 3.46. The predicted molar refractivity (Wildman–Crippen MR) is 114 cm³/mol. The molecule has 1 N–H and O–H groups in total. The number of methoxy groups -OCH3 is 1. The van der Waals surface area contributed by atoms with Gasteiger partial charge >= 0.3 is 0 Å². The normalized spacial score (nSPS) is 10.4. The number of ketones is 1. The molecule has 142 valence electrons. The quantitative estimate of drug-likeness (QED) is 0.442. The van der Waals surface area contributed by atoms with Gasteiger partial charge in [-0.25, -0.2) is 0 Å². The standard InChI is InChI=1S/C23H21NO3S/c1-16-5-3-4-6-21(16)23(26)24-18-9-13-20(14-10-18)28-15-22(25)17-7-11-19(27-2)12-8-17/h3-14H,15H2,1-2H3,(H,24,26). The predicted octanol–water partition coefficient (Wildman–Crippen LogP) is 5.23. The fourth-order valence-electron chi connectivity index (χ4n) is 2.67. The van der Waals surface area contributed by atoms with Crippen LogP contribution in [0.3, 0.4) is 0 Å². The van der Waals surface area contributed by atoms with Crippen LogP contribution in [0, 0.1) is 6.92 Å². The second-order valence-electron chi connectivity index (χ2n) is 6.23. The van der Waals surface area contributed by atoms with Crippen LogP contribution in [-0.4, -0.2) is 24.6 Å². The van der Waals surface area contributed by atoms with Gasteiger partial charge in [-0.15, -0.1) is 11.8 Å². The number of rotatable bonds is 7. The van der Waals surface area contributed by atoms with E-state index in [1.54, 1.807) is 37.4 Å². The van der Waals surface area contributed by atoms with Crippen molar-refractivity contribution in [3.8, 4) is 5.75 Å². The lowest BCUT2D eigenvalue weighted by molar-refractivity contribution is 0.101. The largest absolute Gasteiger partial charge is 0.497 e. The van der Waals surface area contributed by atoms with Crippen molar-refractivity contribution in [1.82, 2.24) is 0 Å². The van der Waals surface area contributed by atoms with Gasteiger partial charge in [0.1, 0.15) is 5.75 Å². The summed E-state index contributed by atoms with van der Waals surface area (Å²) in [5.74, 6) is 1.01. The molecule has 0 spiro atoms. The van der Waals surface area contributed by atoms with Crippen molar-refractivity contribution in [2.24, 2.45) is 0 Å². The van der Waals surface area contributed by atoms with Crippen LogP contribution in [0.5, 0.6) is 5.75 Å². The Bertz CT molecular complexity index is 966. The number of aryl methyl sites for hydroxylation is 1. The summed E-state index contributed by atoms with van der Waals surface area (Å²) in [6.07, 6.45) is 0. The van der Waals surface area contributed by atoms with Gasteiger partial charge in [0.05, 0.1) is 12.9 Å². The van der Waals surface area contributed by atoms with Crippen molar-refractivity contribution in [2.75, 3.05) is 18.2 Å². The van der Waals surface area contributed by atoms with Gasteiger partial charge < -0.3 is 10.1 Å². The number of benzene rings is 3. The number of thioether (sulfide) groups is 1. The third kappa shape index (κ3) is 5.02. The fraction of sp³-hybridized carbons (Fsp3) is 0.130. The number of nitrogens with one attached hydrogen (secondary N) is 1. The van der Waals surface area contributed by atoms with Crippen LogP contribution in [0.25, 0.3) is 0 Å². The van der Waals surface area contributed by atoms with Gasteiger partial charge in [0.25, 0.3) is 5.91 Å². The second-order valence-corrected chi connectivity index (χ2v) is 7.28. The van der Waals surface area contributed by atoms with E-state index in [1.165, 1.54) is 11.8 Å². The number of hydrogen-bond acceptors (Lipinski definition) is 4. The zero-order valence-electron chi connectivity index (χ0n) is 15.8. The topological polar surface area (TPSA) is 55.4 Å². The van der Waals surface area contributed by atoms with E-state index in [0.717, 1.165) is 21.9 Å². The molecule has 28 heavy (non-hydrogen) atoms. The lowest BCUT2D eigenvalue weighted by atomic mass is 10.1. The summed E-state index contributed by atoms with van der Waals surface area (Å²) in [7, 11) is 1.60. The maximum atomic E-state index is 12.4. The third-order valence-corrected chi connectivity index (χ3v) is 5.30. The molecular weight excluding hydrogens is 370 g/mol. The lowest BCUT2D eigenvalue weighted by Crippen LogP contribution is -2.13. The second kappa shape index (κ2) is 9.24. The van der Waals surface area contributed by atoms with Crippen LogP contribution >= 0.6 is 11.8 Å². The number of anilines is 1. The highest BCUT2D eigenvalue weighted by molar-refractivity contribution is 8.00. The van der Waals surface area contributed by atoms with Crippen LogP contribution in [0.15, 0.2) is 77.7 Å². The Morgan fingerprint density at radius 3 is 2.25 bits per heavy atom. The Kier molecular flexibility index (Phi) is 6.50. The summed E-state index contributed by atoms with van der Waals surface area (Å²) in [6, 6.07) is 22.1. The van der Waals surface area contributed by atoms with Crippen LogP contribution in [-0.2, 0) is 0 Å². The van der Waals surface area contributed by atoms with Crippen molar-refractivity contribution >= 4 is 29.1 Å². The Morgan fingerprint density at radius 2 is 1.61 bits per heavy atom. The molecule has 3 aromatic carbocycles. The molecule has 5 heteroatoms. The molecule has 0 saturated heterocycles. The zero-order valence-corrected chi connectivity index (χ0v) is 16.6. The average molecular weight is 391 g/mol. The Balaban J connectivity index is 1.56. The summed E-state index contributed by atoms with van der Waals surface area (Å²) in [5.41, 5.74) is 2.98. The number of carbonyl (C=O) groups is 2. The first-order valence-electron chi connectivity index (χ1n) is 8.84. The van der Waals surface area contributed by atoms with E-state index in [0.29, 0.717) is 16.9 Å². The molecule has 0 aromatic heterocycles. The number of amides is 1. The highest BCUT2D eigenvalue weighted by atomic mass is 32.2. The first kappa shape index (κ1) is 19.7. The van der Waals surface area contributed by atoms with E-state index < -0.39 is 0 Å². The smallest absolute Gasteiger partial charge is 0.255 e. The molecule has 4 nitrogen and oxygen atoms in total. The monoisotopic (exact) mass is 391 g/mol. The van der Waals surface area contributed by atoms with Gasteiger partial charge in [-0.1, -0.05) is 18.2 Å². The molecule has 3 aromatic rings. The maximum absolute atomic E-state index is 12.4. The molecule has 1 amide bonds. The molecule has 0 unspecified atom stereocenters. The minimum Gasteiger partial charge on any atom is -0.497 e. The van der Waals surface area contributed by atoms with Gasteiger partial charge in [-0.3, -0.25) is 9.59 Å². The van der Waals surface area contributed by atoms with Crippen molar-refractivity contribution in [3.05, 3.63) is 89.5 Å². The van der Waals surface area contributed by atoms with Crippen molar-refractivity contribution in [2.45, 2.75) is 11.8 Å². The van der Waals surface area contributed by atoms with E-state index in [9.17, 15) is 9.59 Å². The summed E-state index contributed by atoms with van der Waals surface area (Å²) < 4.78 is 5.11. The summed E-state index contributed by atoms with van der Waals surface area (Å²) in [5, 5.41) is 2.90. The zero-order chi connectivity index (χ0) is 19.9. The van der Waals surface area contributed by atoms with Gasteiger partial charge in [0.15, 0.2) is 5.78 Å². The van der Waals surface area contributed by atoms with E-state index in [2.05, 4.69) is 5.32 Å². The molecule has 0 fully saturated rings. The highest BCUT2D eigenvalue weighted by Gasteiger charge is 2.09. The molecule has 0 aliphatic heterocycles. The maximum Gasteiger partial charge on any atom is 0.255 e. The summed E-state index contributed by atoms with van der Waals surface area (Å²) >= 11 is 1.47. The number of ether oxygens (including phenoxy) is 1. The molecule has 0 bridgehead atoms. The van der Waals surface area contributed by atoms with Crippen molar-refractivity contribution in [3.63, 3.8) is 0 Å². The summed E-state index contributed by atoms with van der Waals surface area (Å²) in [6.45, 7) is 1.91. The van der Waals surface area contributed by atoms with Gasteiger partial charge in [0, 0.05) is 21.7 Å². The molecule has 3 rings (SSSR count). The molecule has 0 saturated carbocycles.